The Morgan fingerprint density at radius 3 is 2.19 bits per heavy atom. The number of rotatable bonds is 2. The van der Waals surface area contributed by atoms with E-state index in [0.717, 1.165) is 0 Å². The van der Waals surface area contributed by atoms with Gasteiger partial charge in [-0.15, -0.1) is 0 Å². The minimum absolute atomic E-state index is 0.375. The van der Waals surface area contributed by atoms with Gasteiger partial charge in [-0.3, -0.25) is 0 Å². The van der Waals surface area contributed by atoms with Crippen molar-refractivity contribution in [2.24, 2.45) is 0 Å². The van der Waals surface area contributed by atoms with Gasteiger partial charge in [0, 0.05) is 16.5 Å². The Morgan fingerprint density at radius 2 is 1.34 bits per heavy atom. The molecule has 0 saturated heterocycles. The third kappa shape index (κ3) is 2.47. The van der Waals surface area contributed by atoms with Crippen LogP contribution in [0.4, 0.5) is 0 Å². The van der Waals surface area contributed by atoms with Crippen LogP contribution in [0.3, 0.4) is 0 Å². The summed E-state index contributed by atoms with van der Waals surface area (Å²) in [7, 11) is 0. The number of para-hydroxylation sites is 2. The molecule has 7 rings (SSSR count). The maximum Gasteiger partial charge on any atom is 0.239 e. The zero-order chi connectivity index (χ0) is 21.1. The Morgan fingerprint density at radius 1 is 0.625 bits per heavy atom. The van der Waals surface area contributed by atoms with Crippen molar-refractivity contribution in [2.75, 3.05) is 0 Å². The molecular weight excluding hydrogens is 385 g/mol. The van der Waals surface area contributed by atoms with Gasteiger partial charge >= 0.3 is 0 Å². The molecule has 0 radical (unpaired) electrons. The van der Waals surface area contributed by atoms with Crippen molar-refractivity contribution >= 4 is 45.0 Å². The first-order valence-corrected chi connectivity index (χ1v) is 11.8. The summed E-state index contributed by atoms with van der Waals surface area (Å²) in [6.45, 7) is 0.375. The lowest BCUT2D eigenvalue weighted by Gasteiger charge is -2.18. The summed E-state index contributed by atoms with van der Waals surface area (Å²) in [5, 5.41) is 2.80. The molecule has 1 nitrogen and oxygen atoms in total. The van der Waals surface area contributed by atoms with Crippen LogP contribution in [0.15, 0.2) is 103 Å². The smallest absolute Gasteiger partial charge is 0.239 e. The lowest BCUT2D eigenvalue weighted by atomic mass is 9.36. The Labute approximate surface area is 189 Å². The molecule has 2 aliphatic rings. The summed E-state index contributed by atoms with van der Waals surface area (Å²) in [4.78, 5) is 0. The van der Waals surface area contributed by atoms with E-state index in [1.165, 1.54) is 69.7 Å². The molecular formula is C30H24BN. The molecule has 0 fully saturated rings. The molecule has 2 heteroatoms. The summed E-state index contributed by atoms with van der Waals surface area (Å²) in [6, 6.07) is 35.7. The maximum absolute atomic E-state index is 2.45. The lowest BCUT2D eigenvalue weighted by molar-refractivity contribution is 0.734. The quantitative estimate of drug-likeness (QED) is 0.303. The van der Waals surface area contributed by atoms with E-state index in [-0.39, 0.29) is 0 Å². The average Bonchev–Trinajstić information content (AvgIpc) is 3.38. The highest BCUT2D eigenvalue weighted by molar-refractivity contribution is 6.95. The molecule has 5 aromatic rings. The van der Waals surface area contributed by atoms with E-state index < -0.39 is 0 Å². The molecule has 0 N–H and O–H groups in total. The fraction of sp³-hybridized carbons (Fsp3) is 0.133. The second kappa shape index (κ2) is 7.00. The number of allylic oxidation sites excluding steroid dienone is 2. The topological polar surface area (TPSA) is 4.93 Å². The molecule has 0 saturated carbocycles. The fourth-order valence-corrected chi connectivity index (χ4v) is 6.25. The molecule has 4 aromatic carbocycles. The van der Waals surface area contributed by atoms with Gasteiger partial charge in [0.2, 0.25) is 6.71 Å². The fourth-order valence-electron chi connectivity index (χ4n) is 6.25. The number of aromatic nitrogens is 1. The first-order valence-electron chi connectivity index (χ1n) is 11.8. The second-order valence-corrected chi connectivity index (χ2v) is 9.16. The highest BCUT2D eigenvalue weighted by Crippen LogP contribution is 2.41. The van der Waals surface area contributed by atoms with E-state index in [4.69, 9.17) is 0 Å². The zero-order valence-electron chi connectivity index (χ0n) is 18.1. The summed E-state index contributed by atoms with van der Waals surface area (Å²) in [6.07, 6.45) is 5.06. The van der Waals surface area contributed by atoms with Crippen LogP contribution < -0.4 is 10.9 Å². The van der Waals surface area contributed by atoms with Crippen molar-refractivity contribution in [2.45, 2.75) is 25.7 Å². The molecule has 1 aromatic heterocycles. The van der Waals surface area contributed by atoms with Crippen LogP contribution in [0.1, 0.15) is 31.2 Å². The van der Waals surface area contributed by atoms with Crippen molar-refractivity contribution in [3.05, 3.63) is 108 Å². The Kier molecular flexibility index (Phi) is 3.96. The number of fused-ring (bicyclic) bond motifs is 6. The van der Waals surface area contributed by atoms with Crippen molar-refractivity contribution in [3.63, 3.8) is 0 Å². The Hall–Kier alpha value is -3.52. The van der Waals surface area contributed by atoms with Crippen molar-refractivity contribution in [1.29, 1.82) is 0 Å². The lowest BCUT2D eigenvalue weighted by Crippen LogP contribution is -2.42. The molecule has 0 amide bonds. The van der Waals surface area contributed by atoms with Crippen LogP contribution in [0.25, 0.3) is 33.1 Å². The molecule has 2 heterocycles. The second-order valence-electron chi connectivity index (χ2n) is 9.16. The van der Waals surface area contributed by atoms with E-state index in [2.05, 4.69) is 102 Å². The summed E-state index contributed by atoms with van der Waals surface area (Å²) < 4.78 is 2.45. The number of benzene rings is 4. The van der Waals surface area contributed by atoms with Crippen LogP contribution >= 0.6 is 0 Å². The van der Waals surface area contributed by atoms with Gasteiger partial charge in [-0.2, -0.15) is 0 Å². The number of hydrogen-bond donors (Lipinski definition) is 0. The predicted molar refractivity (Wildman–Crippen MR) is 138 cm³/mol. The summed E-state index contributed by atoms with van der Waals surface area (Å²) in [5.41, 5.74) is 11.6. The van der Waals surface area contributed by atoms with E-state index in [0.29, 0.717) is 6.71 Å². The van der Waals surface area contributed by atoms with Crippen molar-refractivity contribution in [3.8, 4) is 5.69 Å². The van der Waals surface area contributed by atoms with Gasteiger partial charge in [0.05, 0.1) is 11.0 Å². The van der Waals surface area contributed by atoms with Crippen LogP contribution in [0, 0.1) is 0 Å². The first-order chi connectivity index (χ1) is 15.9. The van der Waals surface area contributed by atoms with Crippen LogP contribution in [0.5, 0.6) is 0 Å². The standard InChI is InChI=1S/C30H24BN/c1-3-11-21(12-4-1)31-26-17-9-7-15-23(26)24-19-20-28-29(30(24)31)25-16-8-10-18-27(25)32(28)22-13-5-2-6-14-22/h1-6,8,10-14,16,18-20H,7,9,15,17H2. The maximum atomic E-state index is 2.45. The monoisotopic (exact) mass is 409 g/mol. The van der Waals surface area contributed by atoms with Crippen LogP contribution in [0.2, 0.25) is 0 Å². The third-order valence-corrected chi connectivity index (χ3v) is 7.50. The van der Waals surface area contributed by atoms with Gasteiger partial charge in [0.1, 0.15) is 0 Å². The molecule has 0 atom stereocenters. The Bertz CT molecular complexity index is 1510. The molecule has 1 aliphatic carbocycles. The normalized spacial score (nSPS) is 15.4. The molecule has 0 bridgehead atoms. The predicted octanol–water partition coefficient (Wildman–Crippen LogP) is 6.27. The van der Waals surface area contributed by atoms with Gasteiger partial charge in [-0.05, 0) is 61.1 Å². The molecule has 32 heavy (non-hydrogen) atoms. The van der Waals surface area contributed by atoms with E-state index in [1.807, 2.05) is 0 Å². The van der Waals surface area contributed by atoms with Crippen molar-refractivity contribution in [1.82, 2.24) is 4.57 Å². The van der Waals surface area contributed by atoms with Crippen molar-refractivity contribution < 1.29 is 0 Å². The van der Waals surface area contributed by atoms with Gasteiger partial charge in [-0.25, -0.2) is 0 Å². The van der Waals surface area contributed by atoms with E-state index in [1.54, 1.807) is 11.0 Å². The summed E-state index contributed by atoms with van der Waals surface area (Å²) in [5.74, 6) is 0. The molecule has 1 aliphatic heterocycles. The van der Waals surface area contributed by atoms with Gasteiger partial charge < -0.3 is 4.57 Å². The minimum Gasteiger partial charge on any atom is -0.309 e. The SMILES string of the molecule is c1ccc(B2C3=C(CCCC3)c3ccc4c(c32)c2ccccc2n4-c2ccccc2)cc1. The largest absolute Gasteiger partial charge is 0.309 e. The average molecular weight is 409 g/mol. The molecule has 152 valence electrons. The van der Waals surface area contributed by atoms with E-state index >= 15 is 0 Å². The first kappa shape index (κ1) is 18.1. The Balaban J connectivity index is 1.62. The number of nitrogens with zero attached hydrogens (tertiary/aromatic N) is 1. The number of hydrogen-bond acceptors (Lipinski definition) is 0. The zero-order valence-corrected chi connectivity index (χ0v) is 18.1. The third-order valence-electron chi connectivity index (χ3n) is 7.50. The van der Waals surface area contributed by atoms with E-state index in [9.17, 15) is 0 Å². The van der Waals surface area contributed by atoms with Gasteiger partial charge in [0.15, 0.2) is 0 Å². The molecule has 0 unspecified atom stereocenters. The highest BCUT2D eigenvalue weighted by Gasteiger charge is 2.38. The van der Waals surface area contributed by atoms with Crippen LogP contribution in [-0.2, 0) is 0 Å². The minimum atomic E-state index is 0.375. The molecule has 0 spiro atoms. The van der Waals surface area contributed by atoms with Crippen LogP contribution in [-0.4, -0.2) is 11.3 Å². The van der Waals surface area contributed by atoms with Gasteiger partial charge in [0.25, 0.3) is 0 Å². The van der Waals surface area contributed by atoms with Gasteiger partial charge in [-0.1, -0.05) is 89.2 Å². The summed E-state index contributed by atoms with van der Waals surface area (Å²) >= 11 is 0. The highest BCUT2D eigenvalue weighted by atomic mass is 15.0.